The van der Waals surface area contributed by atoms with Crippen molar-refractivity contribution in [1.82, 2.24) is 9.21 Å². The second-order valence-electron chi connectivity index (χ2n) is 5.06. The van der Waals surface area contributed by atoms with Crippen LogP contribution in [0.15, 0.2) is 29.2 Å². The number of thioether (sulfide) groups is 1. The number of hydrogen-bond donors (Lipinski definition) is 0. The van der Waals surface area contributed by atoms with Gasteiger partial charge in [-0.3, -0.25) is 4.90 Å². The third kappa shape index (κ3) is 4.60. The lowest BCUT2D eigenvalue weighted by molar-refractivity contribution is 0.222. The van der Waals surface area contributed by atoms with Crippen molar-refractivity contribution >= 4 is 21.8 Å². The van der Waals surface area contributed by atoms with Gasteiger partial charge in [0, 0.05) is 45.2 Å². The highest BCUT2D eigenvalue weighted by molar-refractivity contribution is 7.99. The van der Waals surface area contributed by atoms with Gasteiger partial charge in [-0.2, -0.15) is 11.8 Å². The first-order valence-electron chi connectivity index (χ1n) is 6.95. The summed E-state index contributed by atoms with van der Waals surface area (Å²) in [6.45, 7) is 3.78. The van der Waals surface area contributed by atoms with Gasteiger partial charge in [0.1, 0.15) is 12.4 Å². The summed E-state index contributed by atoms with van der Waals surface area (Å²) < 4.78 is 30.8. The number of ether oxygens (including phenoxy) is 1. The summed E-state index contributed by atoms with van der Waals surface area (Å²) in [7, 11) is -0.315. The zero-order chi connectivity index (χ0) is 15.3. The SMILES string of the molecule is CN(C)S(=O)(=O)c1ccc(OCCN2CCSCC2)cc1. The fourth-order valence-corrected chi connectivity index (χ4v) is 3.92. The Bertz CT molecular complexity index is 538. The molecular formula is C14H22N2O3S2. The first-order chi connectivity index (χ1) is 10.00. The normalized spacial score (nSPS) is 17.1. The minimum atomic E-state index is -3.36. The standard InChI is InChI=1S/C14H22N2O3S2/c1-15(2)21(17,18)14-5-3-13(4-6-14)19-10-7-16-8-11-20-12-9-16/h3-6H,7-12H2,1-2H3. The summed E-state index contributed by atoms with van der Waals surface area (Å²) in [4.78, 5) is 2.68. The molecule has 1 aromatic rings. The van der Waals surface area contributed by atoms with E-state index in [9.17, 15) is 8.42 Å². The molecule has 1 aliphatic heterocycles. The maximum atomic E-state index is 11.9. The van der Waals surface area contributed by atoms with Gasteiger partial charge in [-0.1, -0.05) is 0 Å². The summed E-state index contributed by atoms with van der Waals surface area (Å²) in [5, 5.41) is 0. The summed E-state index contributed by atoms with van der Waals surface area (Å²) in [6.07, 6.45) is 0. The van der Waals surface area contributed by atoms with Crippen LogP contribution in [0.2, 0.25) is 0 Å². The van der Waals surface area contributed by atoms with Gasteiger partial charge in [0.05, 0.1) is 4.90 Å². The zero-order valence-electron chi connectivity index (χ0n) is 12.5. The fourth-order valence-electron chi connectivity index (χ4n) is 2.04. The molecule has 0 aliphatic carbocycles. The van der Waals surface area contributed by atoms with Gasteiger partial charge in [-0.15, -0.1) is 0 Å². The first-order valence-corrected chi connectivity index (χ1v) is 9.55. The predicted octanol–water partition coefficient (Wildman–Crippen LogP) is 1.36. The van der Waals surface area contributed by atoms with E-state index in [2.05, 4.69) is 4.90 Å². The molecule has 0 radical (unpaired) electrons. The van der Waals surface area contributed by atoms with E-state index in [0.29, 0.717) is 12.4 Å². The molecule has 7 heteroatoms. The van der Waals surface area contributed by atoms with E-state index in [1.54, 1.807) is 24.3 Å². The molecule has 1 aliphatic rings. The molecule has 0 bridgehead atoms. The highest BCUT2D eigenvalue weighted by Gasteiger charge is 2.16. The summed E-state index contributed by atoms with van der Waals surface area (Å²) in [5.74, 6) is 3.09. The van der Waals surface area contributed by atoms with Crippen molar-refractivity contribution in [3.8, 4) is 5.75 Å². The van der Waals surface area contributed by atoms with Gasteiger partial charge in [0.25, 0.3) is 0 Å². The van der Waals surface area contributed by atoms with E-state index in [0.717, 1.165) is 19.6 Å². The highest BCUT2D eigenvalue weighted by Crippen LogP contribution is 2.18. The van der Waals surface area contributed by atoms with Gasteiger partial charge in [-0.05, 0) is 24.3 Å². The van der Waals surface area contributed by atoms with Crippen LogP contribution in [0.3, 0.4) is 0 Å². The maximum Gasteiger partial charge on any atom is 0.242 e. The average molecular weight is 330 g/mol. The van der Waals surface area contributed by atoms with Crippen LogP contribution in [0.4, 0.5) is 0 Å². The number of hydrogen-bond acceptors (Lipinski definition) is 5. The molecule has 0 aromatic heterocycles. The Kier molecular flexibility index (Phi) is 5.92. The Morgan fingerprint density at radius 1 is 1.19 bits per heavy atom. The van der Waals surface area contributed by atoms with E-state index in [1.165, 1.54) is 29.9 Å². The number of nitrogens with zero attached hydrogens (tertiary/aromatic N) is 2. The Hall–Kier alpha value is -0.760. The molecule has 0 amide bonds. The van der Waals surface area contributed by atoms with Gasteiger partial charge >= 0.3 is 0 Å². The molecule has 5 nitrogen and oxygen atoms in total. The second kappa shape index (κ2) is 7.49. The number of benzene rings is 1. The molecule has 1 aromatic carbocycles. The van der Waals surface area contributed by atoms with E-state index < -0.39 is 10.0 Å². The van der Waals surface area contributed by atoms with Crippen molar-refractivity contribution in [1.29, 1.82) is 0 Å². The van der Waals surface area contributed by atoms with Crippen molar-refractivity contribution < 1.29 is 13.2 Å². The van der Waals surface area contributed by atoms with E-state index in [-0.39, 0.29) is 4.90 Å². The van der Waals surface area contributed by atoms with Gasteiger partial charge in [0.15, 0.2) is 0 Å². The fraction of sp³-hybridized carbons (Fsp3) is 0.571. The van der Waals surface area contributed by atoms with Crippen LogP contribution in [-0.4, -0.2) is 69.5 Å². The second-order valence-corrected chi connectivity index (χ2v) is 8.44. The molecule has 1 fully saturated rings. The summed E-state index contributed by atoms with van der Waals surface area (Å²) in [5.41, 5.74) is 0. The van der Waals surface area contributed by atoms with Crippen molar-refractivity contribution in [2.75, 3.05) is 51.8 Å². The molecule has 21 heavy (non-hydrogen) atoms. The lowest BCUT2D eigenvalue weighted by Gasteiger charge is -2.25. The van der Waals surface area contributed by atoms with Crippen LogP contribution in [-0.2, 0) is 10.0 Å². The first kappa shape index (κ1) is 16.6. The Labute approximate surface area is 131 Å². The molecule has 2 rings (SSSR count). The molecule has 0 atom stereocenters. The van der Waals surface area contributed by atoms with Crippen LogP contribution in [0.25, 0.3) is 0 Å². The molecule has 0 N–H and O–H groups in total. The minimum Gasteiger partial charge on any atom is -0.492 e. The Morgan fingerprint density at radius 3 is 2.38 bits per heavy atom. The maximum absolute atomic E-state index is 11.9. The topological polar surface area (TPSA) is 49.9 Å². The summed E-state index contributed by atoms with van der Waals surface area (Å²) >= 11 is 1.99. The quantitative estimate of drug-likeness (QED) is 0.788. The molecule has 0 saturated carbocycles. The van der Waals surface area contributed by atoms with E-state index >= 15 is 0 Å². The third-order valence-corrected chi connectivity index (χ3v) is 6.15. The monoisotopic (exact) mass is 330 g/mol. The largest absolute Gasteiger partial charge is 0.492 e. The molecular weight excluding hydrogens is 308 g/mol. The van der Waals surface area contributed by atoms with Crippen molar-refractivity contribution in [3.05, 3.63) is 24.3 Å². The van der Waals surface area contributed by atoms with Crippen molar-refractivity contribution in [2.45, 2.75) is 4.90 Å². The van der Waals surface area contributed by atoms with Gasteiger partial charge in [-0.25, -0.2) is 12.7 Å². The average Bonchev–Trinajstić information content (AvgIpc) is 2.49. The molecule has 118 valence electrons. The van der Waals surface area contributed by atoms with E-state index in [1.807, 2.05) is 11.8 Å². The van der Waals surface area contributed by atoms with Crippen LogP contribution in [0, 0.1) is 0 Å². The summed E-state index contributed by atoms with van der Waals surface area (Å²) in [6, 6.07) is 6.59. The molecule has 1 heterocycles. The third-order valence-electron chi connectivity index (χ3n) is 3.38. The number of rotatable bonds is 6. The van der Waals surface area contributed by atoms with Crippen LogP contribution < -0.4 is 4.74 Å². The predicted molar refractivity (Wildman–Crippen MR) is 86.6 cm³/mol. The highest BCUT2D eigenvalue weighted by atomic mass is 32.2. The molecule has 0 spiro atoms. The molecule has 1 saturated heterocycles. The van der Waals surface area contributed by atoms with Crippen LogP contribution in [0.5, 0.6) is 5.75 Å². The number of sulfonamides is 1. The smallest absolute Gasteiger partial charge is 0.242 e. The molecule has 0 unspecified atom stereocenters. The van der Waals surface area contributed by atoms with Crippen molar-refractivity contribution in [3.63, 3.8) is 0 Å². The zero-order valence-corrected chi connectivity index (χ0v) is 14.1. The van der Waals surface area contributed by atoms with Gasteiger partial charge in [0.2, 0.25) is 10.0 Å². The lowest BCUT2D eigenvalue weighted by atomic mass is 10.3. The van der Waals surface area contributed by atoms with Crippen LogP contribution in [0.1, 0.15) is 0 Å². The lowest BCUT2D eigenvalue weighted by Crippen LogP contribution is -2.35. The van der Waals surface area contributed by atoms with Gasteiger partial charge < -0.3 is 4.74 Å². The van der Waals surface area contributed by atoms with Crippen LogP contribution >= 0.6 is 11.8 Å². The Balaban J connectivity index is 1.85. The van der Waals surface area contributed by atoms with Crippen molar-refractivity contribution in [2.24, 2.45) is 0 Å². The van der Waals surface area contributed by atoms with E-state index in [4.69, 9.17) is 4.74 Å². The minimum absolute atomic E-state index is 0.285. The Morgan fingerprint density at radius 2 is 1.81 bits per heavy atom.